The summed E-state index contributed by atoms with van der Waals surface area (Å²) in [4.78, 5) is 21.9. The van der Waals surface area contributed by atoms with Gasteiger partial charge < -0.3 is 20.8 Å². The monoisotopic (exact) mass is 232 g/mol. The Labute approximate surface area is 95.0 Å². The lowest BCUT2D eigenvalue weighted by atomic mass is 10.1. The number of carboxylic acid groups (broad SMARTS) is 1. The van der Waals surface area contributed by atoms with E-state index in [0.29, 0.717) is 12.5 Å². The van der Waals surface area contributed by atoms with Gasteiger partial charge in [-0.2, -0.15) is 0 Å². The number of aliphatic hydroxyl groups is 1. The van der Waals surface area contributed by atoms with E-state index in [1.165, 1.54) is 0 Å². The first-order chi connectivity index (χ1) is 7.47. The van der Waals surface area contributed by atoms with Gasteiger partial charge in [-0.05, 0) is 12.3 Å². The zero-order chi connectivity index (χ0) is 12.6. The first-order valence-electron chi connectivity index (χ1n) is 5.35. The lowest BCUT2D eigenvalue weighted by Gasteiger charge is -2.14. The molecule has 6 nitrogen and oxygen atoms in total. The van der Waals surface area contributed by atoms with Crippen molar-refractivity contribution >= 4 is 12.0 Å². The summed E-state index contributed by atoms with van der Waals surface area (Å²) in [6.07, 6.45) is 0.845. The third kappa shape index (κ3) is 7.05. The fourth-order valence-corrected chi connectivity index (χ4v) is 1.07. The van der Waals surface area contributed by atoms with Crippen LogP contribution in [0.5, 0.6) is 0 Å². The van der Waals surface area contributed by atoms with Crippen molar-refractivity contribution in [1.29, 1.82) is 0 Å². The predicted octanol–water partition coefficient (Wildman–Crippen LogP) is 0.167. The summed E-state index contributed by atoms with van der Waals surface area (Å²) in [5, 5.41) is 22.2. The van der Waals surface area contributed by atoms with Gasteiger partial charge in [0.25, 0.3) is 0 Å². The molecule has 0 aliphatic heterocycles. The minimum atomic E-state index is -1.15. The minimum absolute atomic E-state index is 0.00688. The molecule has 0 heterocycles. The summed E-state index contributed by atoms with van der Waals surface area (Å²) in [7, 11) is 0. The first kappa shape index (κ1) is 14.7. The number of hydrogen-bond donors (Lipinski definition) is 4. The van der Waals surface area contributed by atoms with Crippen molar-refractivity contribution in [2.45, 2.75) is 32.7 Å². The van der Waals surface area contributed by atoms with Crippen LogP contribution >= 0.6 is 0 Å². The predicted molar refractivity (Wildman–Crippen MR) is 59.1 cm³/mol. The van der Waals surface area contributed by atoms with Crippen molar-refractivity contribution in [3.05, 3.63) is 0 Å². The maximum Gasteiger partial charge on any atom is 0.326 e. The maximum atomic E-state index is 11.2. The second-order valence-corrected chi connectivity index (χ2v) is 3.99. The van der Waals surface area contributed by atoms with Crippen molar-refractivity contribution in [1.82, 2.24) is 10.6 Å². The summed E-state index contributed by atoms with van der Waals surface area (Å²) in [6, 6.07) is -1.55. The van der Waals surface area contributed by atoms with E-state index < -0.39 is 18.0 Å². The van der Waals surface area contributed by atoms with E-state index in [1.807, 2.05) is 13.8 Å². The number of carbonyl (C=O) groups excluding carboxylic acids is 1. The lowest BCUT2D eigenvalue weighted by molar-refractivity contribution is -0.139. The number of rotatable bonds is 7. The number of aliphatic carboxylic acids is 1. The molecule has 0 bridgehead atoms. The molecule has 94 valence electrons. The highest BCUT2D eigenvalue weighted by molar-refractivity contribution is 5.82. The molecule has 0 saturated heterocycles. The second kappa shape index (κ2) is 7.92. The number of carbonyl (C=O) groups is 2. The first-order valence-corrected chi connectivity index (χ1v) is 5.35. The molecule has 0 rings (SSSR count). The zero-order valence-electron chi connectivity index (χ0n) is 9.69. The molecule has 0 aliphatic rings. The zero-order valence-corrected chi connectivity index (χ0v) is 9.69. The third-order valence-corrected chi connectivity index (χ3v) is 2.03. The molecule has 0 aromatic rings. The summed E-state index contributed by atoms with van der Waals surface area (Å²) in [6.45, 7) is 4.30. The second-order valence-electron chi connectivity index (χ2n) is 3.99. The van der Waals surface area contributed by atoms with Crippen LogP contribution in [0, 0.1) is 5.92 Å². The molecular formula is C10H20N2O4. The van der Waals surface area contributed by atoms with Crippen molar-refractivity contribution in [3.8, 4) is 0 Å². The van der Waals surface area contributed by atoms with Crippen LogP contribution < -0.4 is 10.6 Å². The standard InChI is InChI=1S/C10H20N2O4/c1-7(2)3-5-11-10(16)12-8(4-6-13)9(14)15/h7-8,13H,3-6H2,1-2H3,(H,14,15)(H2,11,12,16)/t8-/m0/s1. The number of aliphatic hydroxyl groups excluding tert-OH is 1. The molecule has 0 aromatic carbocycles. The summed E-state index contributed by atoms with van der Waals surface area (Å²) >= 11 is 0. The Bertz CT molecular complexity index is 231. The largest absolute Gasteiger partial charge is 0.480 e. The SMILES string of the molecule is CC(C)CCNC(=O)N[C@@H](CCO)C(=O)O. The molecule has 0 radical (unpaired) electrons. The molecule has 0 fully saturated rings. The Hall–Kier alpha value is -1.30. The fourth-order valence-electron chi connectivity index (χ4n) is 1.07. The summed E-state index contributed by atoms with van der Waals surface area (Å²) < 4.78 is 0. The van der Waals surface area contributed by atoms with E-state index in [2.05, 4.69) is 10.6 Å². The van der Waals surface area contributed by atoms with Crippen molar-refractivity contribution in [2.24, 2.45) is 5.92 Å². The van der Waals surface area contributed by atoms with E-state index in [9.17, 15) is 9.59 Å². The highest BCUT2D eigenvalue weighted by Crippen LogP contribution is 1.96. The highest BCUT2D eigenvalue weighted by Gasteiger charge is 2.18. The number of carboxylic acids is 1. The van der Waals surface area contributed by atoms with E-state index in [4.69, 9.17) is 10.2 Å². The van der Waals surface area contributed by atoms with Crippen molar-refractivity contribution in [3.63, 3.8) is 0 Å². The van der Waals surface area contributed by atoms with Gasteiger partial charge in [-0.1, -0.05) is 13.8 Å². The Morgan fingerprint density at radius 3 is 2.31 bits per heavy atom. The molecule has 0 aromatic heterocycles. The van der Waals surface area contributed by atoms with Crippen molar-refractivity contribution in [2.75, 3.05) is 13.2 Å². The normalized spacial score (nSPS) is 12.2. The number of nitrogens with one attached hydrogen (secondary N) is 2. The Kier molecular flexibility index (Phi) is 7.28. The van der Waals surface area contributed by atoms with E-state index in [1.54, 1.807) is 0 Å². The molecule has 0 unspecified atom stereocenters. The van der Waals surface area contributed by atoms with Gasteiger partial charge in [0.05, 0.1) is 0 Å². The number of urea groups is 1. The van der Waals surface area contributed by atoms with Gasteiger partial charge in [-0.3, -0.25) is 0 Å². The van der Waals surface area contributed by atoms with Crippen LogP contribution in [-0.4, -0.2) is 41.4 Å². The number of amides is 2. The number of hydrogen-bond acceptors (Lipinski definition) is 3. The molecule has 4 N–H and O–H groups in total. The van der Waals surface area contributed by atoms with Crippen LogP contribution in [0.25, 0.3) is 0 Å². The van der Waals surface area contributed by atoms with Gasteiger partial charge in [-0.25, -0.2) is 9.59 Å². The molecule has 16 heavy (non-hydrogen) atoms. The van der Waals surface area contributed by atoms with Gasteiger partial charge in [0, 0.05) is 19.6 Å². The van der Waals surface area contributed by atoms with Gasteiger partial charge in [0.1, 0.15) is 6.04 Å². The molecule has 1 atom stereocenters. The van der Waals surface area contributed by atoms with E-state index in [0.717, 1.165) is 6.42 Å². The molecule has 2 amide bonds. The van der Waals surface area contributed by atoms with Crippen LogP contribution in [0.3, 0.4) is 0 Å². The Morgan fingerprint density at radius 2 is 1.88 bits per heavy atom. The summed E-state index contributed by atoms with van der Waals surface area (Å²) in [5.41, 5.74) is 0. The van der Waals surface area contributed by atoms with Gasteiger partial charge >= 0.3 is 12.0 Å². The van der Waals surface area contributed by atoms with Gasteiger partial charge in [-0.15, -0.1) is 0 Å². The molecule has 0 spiro atoms. The quantitative estimate of drug-likeness (QED) is 0.502. The van der Waals surface area contributed by atoms with E-state index >= 15 is 0 Å². The highest BCUT2D eigenvalue weighted by atomic mass is 16.4. The molecular weight excluding hydrogens is 212 g/mol. The lowest BCUT2D eigenvalue weighted by Crippen LogP contribution is -2.46. The van der Waals surface area contributed by atoms with E-state index in [-0.39, 0.29) is 13.0 Å². The maximum absolute atomic E-state index is 11.2. The van der Waals surface area contributed by atoms with Crippen LogP contribution in [0.1, 0.15) is 26.7 Å². The smallest absolute Gasteiger partial charge is 0.326 e. The summed E-state index contributed by atoms with van der Waals surface area (Å²) in [5.74, 6) is -0.666. The van der Waals surface area contributed by atoms with Gasteiger partial charge in [0.15, 0.2) is 0 Å². The Morgan fingerprint density at radius 1 is 1.25 bits per heavy atom. The fraction of sp³-hybridized carbons (Fsp3) is 0.800. The van der Waals surface area contributed by atoms with Gasteiger partial charge in [0.2, 0.25) is 0 Å². The van der Waals surface area contributed by atoms with Crippen LogP contribution in [0.4, 0.5) is 4.79 Å². The van der Waals surface area contributed by atoms with Crippen LogP contribution in [0.15, 0.2) is 0 Å². The average molecular weight is 232 g/mol. The Balaban J connectivity index is 3.86. The third-order valence-electron chi connectivity index (χ3n) is 2.03. The average Bonchev–Trinajstić information content (AvgIpc) is 2.16. The van der Waals surface area contributed by atoms with Crippen LogP contribution in [0.2, 0.25) is 0 Å². The molecule has 0 saturated carbocycles. The topological polar surface area (TPSA) is 98.7 Å². The minimum Gasteiger partial charge on any atom is -0.480 e. The van der Waals surface area contributed by atoms with Crippen molar-refractivity contribution < 1.29 is 19.8 Å². The molecule has 0 aliphatic carbocycles. The van der Waals surface area contributed by atoms with Crippen LogP contribution in [-0.2, 0) is 4.79 Å². The molecule has 6 heteroatoms.